The first-order chi connectivity index (χ1) is 9.66. The van der Waals surface area contributed by atoms with Crippen molar-refractivity contribution >= 4 is 5.91 Å². The predicted octanol–water partition coefficient (Wildman–Crippen LogP) is 3.29. The van der Waals surface area contributed by atoms with Crippen LogP contribution in [0.25, 0.3) is 0 Å². The van der Waals surface area contributed by atoms with Gasteiger partial charge in [-0.05, 0) is 51.7 Å². The highest BCUT2D eigenvalue weighted by Crippen LogP contribution is 2.28. The molecule has 1 aliphatic carbocycles. The Hall–Kier alpha value is -0.570. The summed E-state index contributed by atoms with van der Waals surface area (Å²) >= 11 is 0. The summed E-state index contributed by atoms with van der Waals surface area (Å²) in [5.74, 6) is 1.28. The lowest BCUT2D eigenvalue weighted by Crippen LogP contribution is -2.44. The van der Waals surface area contributed by atoms with Crippen LogP contribution in [0.5, 0.6) is 0 Å². The second-order valence-electron chi connectivity index (χ2n) is 6.94. The zero-order valence-electron chi connectivity index (χ0n) is 13.4. The molecular weight excluding hydrogens is 248 g/mol. The van der Waals surface area contributed by atoms with E-state index in [4.69, 9.17) is 0 Å². The third-order valence-corrected chi connectivity index (χ3v) is 5.36. The van der Waals surface area contributed by atoms with E-state index in [1.807, 2.05) is 11.9 Å². The Morgan fingerprint density at radius 1 is 1.10 bits per heavy atom. The highest BCUT2D eigenvalue weighted by molar-refractivity contribution is 5.76. The quantitative estimate of drug-likeness (QED) is 0.771. The van der Waals surface area contributed by atoms with Gasteiger partial charge in [0.25, 0.3) is 0 Å². The molecule has 0 aromatic rings. The number of likely N-dealkylation sites (tertiary alicyclic amines) is 1. The van der Waals surface area contributed by atoms with Crippen LogP contribution < -0.4 is 0 Å². The first kappa shape index (κ1) is 15.8. The van der Waals surface area contributed by atoms with Gasteiger partial charge in [-0.2, -0.15) is 0 Å². The van der Waals surface area contributed by atoms with Crippen molar-refractivity contribution < 1.29 is 4.79 Å². The summed E-state index contributed by atoms with van der Waals surface area (Å²) in [6.45, 7) is 2.26. The molecule has 1 aliphatic heterocycles. The molecule has 0 spiro atoms. The molecule has 20 heavy (non-hydrogen) atoms. The minimum Gasteiger partial charge on any atom is -0.343 e. The lowest BCUT2D eigenvalue weighted by Gasteiger charge is -2.35. The summed E-state index contributed by atoms with van der Waals surface area (Å²) in [5.41, 5.74) is 0. The van der Waals surface area contributed by atoms with Gasteiger partial charge in [0.2, 0.25) is 5.91 Å². The van der Waals surface area contributed by atoms with E-state index in [-0.39, 0.29) is 0 Å². The van der Waals surface area contributed by atoms with Crippen molar-refractivity contribution in [1.82, 2.24) is 9.80 Å². The molecule has 0 atom stereocenters. The predicted molar refractivity (Wildman–Crippen MR) is 83.7 cm³/mol. The molecule has 0 unspecified atom stereocenters. The molecule has 0 N–H and O–H groups in total. The SMILES string of the molecule is CN1CCC(N(C)C(=O)CCCC2CCCCC2)CC1. The summed E-state index contributed by atoms with van der Waals surface area (Å²) in [7, 11) is 4.18. The van der Waals surface area contributed by atoms with Gasteiger partial charge < -0.3 is 9.80 Å². The molecule has 2 aliphatic rings. The zero-order valence-corrected chi connectivity index (χ0v) is 13.4. The maximum atomic E-state index is 12.3. The van der Waals surface area contributed by atoms with Crippen molar-refractivity contribution in [1.29, 1.82) is 0 Å². The highest BCUT2D eigenvalue weighted by Gasteiger charge is 2.23. The Bertz CT molecular complexity index is 291. The number of piperidine rings is 1. The molecule has 1 heterocycles. The van der Waals surface area contributed by atoms with Crippen LogP contribution in [-0.4, -0.2) is 48.9 Å². The van der Waals surface area contributed by atoms with E-state index < -0.39 is 0 Å². The number of hydrogen-bond donors (Lipinski definition) is 0. The van der Waals surface area contributed by atoms with Crippen molar-refractivity contribution in [3.63, 3.8) is 0 Å². The zero-order chi connectivity index (χ0) is 14.4. The molecule has 3 nitrogen and oxygen atoms in total. The Kier molecular flexibility index (Phi) is 6.34. The van der Waals surface area contributed by atoms with Crippen molar-refractivity contribution in [2.24, 2.45) is 5.92 Å². The standard InChI is InChI=1S/C17H32N2O/c1-18-13-11-16(12-14-18)19(2)17(20)10-6-9-15-7-4-3-5-8-15/h15-16H,3-14H2,1-2H3. The maximum Gasteiger partial charge on any atom is 0.222 e. The molecule has 1 amide bonds. The van der Waals surface area contributed by atoms with Crippen LogP contribution in [0, 0.1) is 5.92 Å². The molecule has 2 rings (SSSR count). The Morgan fingerprint density at radius 3 is 2.40 bits per heavy atom. The van der Waals surface area contributed by atoms with Gasteiger partial charge in [-0.1, -0.05) is 32.1 Å². The third kappa shape index (κ3) is 4.76. The van der Waals surface area contributed by atoms with Crippen molar-refractivity contribution in [3.8, 4) is 0 Å². The molecule has 2 fully saturated rings. The fourth-order valence-electron chi connectivity index (χ4n) is 3.78. The molecule has 3 heteroatoms. The van der Waals surface area contributed by atoms with Gasteiger partial charge in [0.05, 0.1) is 0 Å². The second kappa shape index (κ2) is 8.02. The largest absolute Gasteiger partial charge is 0.343 e. The first-order valence-electron chi connectivity index (χ1n) is 8.61. The number of nitrogens with zero attached hydrogens (tertiary/aromatic N) is 2. The van der Waals surface area contributed by atoms with E-state index in [1.165, 1.54) is 38.5 Å². The minimum absolute atomic E-state index is 0.371. The highest BCUT2D eigenvalue weighted by atomic mass is 16.2. The van der Waals surface area contributed by atoms with E-state index >= 15 is 0 Å². The van der Waals surface area contributed by atoms with Gasteiger partial charge >= 0.3 is 0 Å². The van der Waals surface area contributed by atoms with Gasteiger partial charge in [-0.15, -0.1) is 0 Å². The van der Waals surface area contributed by atoms with Crippen LogP contribution in [0.4, 0.5) is 0 Å². The van der Waals surface area contributed by atoms with Crippen molar-refractivity contribution in [3.05, 3.63) is 0 Å². The van der Waals surface area contributed by atoms with E-state index in [0.29, 0.717) is 11.9 Å². The summed E-state index contributed by atoms with van der Waals surface area (Å²) in [5, 5.41) is 0. The Balaban J connectivity index is 1.63. The maximum absolute atomic E-state index is 12.3. The normalized spacial score (nSPS) is 22.9. The summed E-state index contributed by atoms with van der Waals surface area (Å²) in [4.78, 5) is 16.7. The van der Waals surface area contributed by atoms with Gasteiger partial charge in [0, 0.05) is 19.5 Å². The number of hydrogen-bond acceptors (Lipinski definition) is 2. The molecule has 1 saturated heterocycles. The fourth-order valence-corrected chi connectivity index (χ4v) is 3.78. The van der Waals surface area contributed by atoms with Gasteiger partial charge in [-0.3, -0.25) is 4.79 Å². The van der Waals surface area contributed by atoms with Crippen molar-refractivity contribution in [2.45, 2.75) is 70.3 Å². The second-order valence-corrected chi connectivity index (χ2v) is 6.94. The lowest BCUT2D eigenvalue weighted by atomic mass is 9.86. The average molecular weight is 280 g/mol. The summed E-state index contributed by atoms with van der Waals surface area (Å²) < 4.78 is 0. The van der Waals surface area contributed by atoms with E-state index in [2.05, 4.69) is 11.9 Å². The van der Waals surface area contributed by atoms with E-state index in [0.717, 1.165) is 44.7 Å². The van der Waals surface area contributed by atoms with Gasteiger partial charge in [0.1, 0.15) is 0 Å². The lowest BCUT2D eigenvalue weighted by molar-refractivity contribution is -0.133. The van der Waals surface area contributed by atoms with Crippen LogP contribution in [0.3, 0.4) is 0 Å². The van der Waals surface area contributed by atoms with Crippen LogP contribution in [0.1, 0.15) is 64.2 Å². The Morgan fingerprint density at radius 2 is 1.75 bits per heavy atom. The molecular formula is C17H32N2O. The smallest absolute Gasteiger partial charge is 0.222 e. The van der Waals surface area contributed by atoms with E-state index in [9.17, 15) is 4.79 Å². The fraction of sp³-hybridized carbons (Fsp3) is 0.941. The molecule has 0 aromatic heterocycles. The number of rotatable bonds is 5. The molecule has 116 valence electrons. The Labute approximate surface area is 124 Å². The molecule has 0 bridgehead atoms. The minimum atomic E-state index is 0.371. The van der Waals surface area contributed by atoms with Crippen LogP contribution in [0.2, 0.25) is 0 Å². The number of carbonyl (C=O) groups excluding carboxylic acids is 1. The van der Waals surface area contributed by atoms with Crippen LogP contribution in [-0.2, 0) is 4.79 Å². The summed E-state index contributed by atoms with van der Waals surface area (Å²) in [6.07, 6.45) is 12.5. The third-order valence-electron chi connectivity index (χ3n) is 5.36. The van der Waals surface area contributed by atoms with Gasteiger partial charge in [0.15, 0.2) is 0 Å². The number of amides is 1. The molecule has 1 saturated carbocycles. The monoisotopic (exact) mass is 280 g/mol. The molecule has 0 radical (unpaired) electrons. The van der Waals surface area contributed by atoms with E-state index in [1.54, 1.807) is 0 Å². The first-order valence-corrected chi connectivity index (χ1v) is 8.61. The summed E-state index contributed by atoms with van der Waals surface area (Å²) in [6, 6.07) is 0.480. The topological polar surface area (TPSA) is 23.6 Å². The average Bonchev–Trinajstić information content (AvgIpc) is 2.48. The van der Waals surface area contributed by atoms with Crippen LogP contribution >= 0.6 is 0 Å². The van der Waals surface area contributed by atoms with Crippen LogP contribution in [0.15, 0.2) is 0 Å². The van der Waals surface area contributed by atoms with Crippen molar-refractivity contribution in [2.75, 3.05) is 27.2 Å². The van der Waals surface area contributed by atoms with Gasteiger partial charge in [-0.25, -0.2) is 0 Å². The molecule has 0 aromatic carbocycles. The number of carbonyl (C=O) groups is 1.